The van der Waals surface area contributed by atoms with E-state index in [0.717, 1.165) is 4.70 Å². The predicted octanol–water partition coefficient (Wildman–Crippen LogP) is 4.26. The molecular formula is C7H2Cl2N3S-. The van der Waals surface area contributed by atoms with E-state index in [0.29, 0.717) is 20.7 Å². The third-order valence-corrected chi connectivity index (χ3v) is 3.13. The van der Waals surface area contributed by atoms with E-state index in [4.69, 9.17) is 28.7 Å². The van der Waals surface area contributed by atoms with Crippen LogP contribution in [0.3, 0.4) is 0 Å². The smallest absolute Gasteiger partial charge is 0.189 e. The first-order valence-corrected chi connectivity index (χ1v) is 4.88. The van der Waals surface area contributed by atoms with Gasteiger partial charge >= 0.3 is 0 Å². The standard InChI is InChI=1S/C7H2Cl2N3S/c8-3-1-5-6(2-4(3)9)13-7(11-5)12-10/h1-2H/q-1. The molecule has 0 spiro atoms. The molecule has 66 valence electrons. The predicted molar refractivity (Wildman–Crippen MR) is 55.1 cm³/mol. The Morgan fingerprint density at radius 1 is 1.31 bits per heavy atom. The highest BCUT2D eigenvalue weighted by Gasteiger charge is 2.05. The van der Waals surface area contributed by atoms with E-state index >= 15 is 0 Å². The van der Waals surface area contributed by atoms with Crippen molar-refractivity contribution in [3.05, 3.63) is 27.7 Å². The Hall–Kier alpha value is -0.710. The maximum atomic E-state index is 8.48. The summed E-state index contributed by atoms with van der Waals surface area (Å²) in [5, 5.41) is 4.21. The molecule has 3 nitrogen and oxygen atoms in total. The maximum Gasteiger partial charge on any atom is 0.189 e. The van der Waals surface area contributed by atoms with Gasteiger partial charge in [0, 0.05) is 0 Å². The molecule has 0 fully saturated rings. The van der Waals surface area contributed by atoms with Crippen molar-refractivity contribution < 1.29 is 0 Å². The van der Waals surface area contributed by atoms with Crippen molar-refractivity contribution >= 4 is 49.9 Å². The Balaban J connectivity index is 2.77. The number of hydrogen-bond acceptors (Lipinski definition) is 3. The SMILES string of the molecule is [N-]=Nc1nc2cc(Cl)c(Cl)cc2s1. The van der Waals surface area contributed by atoms with Gasteiger partial charge in [0.05, 0.1) is 20.3 Å². The first kappa shape index (κ1) is 8.87. The second kappa shape index (κ2) is 3.21. The zero-order chi connectivity index (χ0) is 9.42. The van der Waals surface area contributed by atoms with Gasteiger partial charge in [-0.3, -0.25) is 0 Å². The van der Waals surface area contributed by atoms with Gasteiger partial charge in [-0.1, -0.05) is 34.5 Å². The molecule has 1 heterocycles. The third-order valence-electron chi connectivity index (χ3n) is 1.50. The van der Waals surface area contributed by atoms with Crippen LogP contribution in [0.15, 0.2) is 17.2 Å². The fourth-order valence-electron chi connectivity index (χ4n) is 0.954. The number of rotatable bonds is 1. The molecule has 0 aliphatic rings. The van der Waals surface area contributed by atoms with Crippen LogP contribution in [0.5, 0.6) is 0 Å². The molecule has 2 aromatic rings. The summed E-state index contributed by atoms with van der Waals surface area (Å²) in [6.07, 6.45) is 0. The number of halogens is 2. The summed E-state index contributed by atoms with van der Waals surface area (Å²) >= 11 is 12.8. The molecule has 0 saturated carbocycles. The van der Waals surface area contributed by atoms with Gasteiger partial charge in [0.1, 0.15) is 0 Å². The Labute approximate surface area is 87.8 Å². The second-order valence-corrected chi connectivity index (χ2v) is 4.15. The summed E-state index contributed by atoms with van der Waals surface area (Å²) in [7, 11) is 0. The summed E-state index contributed by atoms with van der Waals surface area (Å²) in [4.78, 5) is 3.99. The van der Waals surface area contributed by atoms with Crippen LogP contribution >= 0.6 is 34.5 Å². The van der Waals surface area contributed by atoms with Gasteiger partial charge in [0.15, 0.2) is 5.13 Å². The summed E-state index contributed by atoms with van der Waals surface area (Å²) in [6, 6.07) is 3.34. The van der Waals surface area contributed by atoms with Crippen molar-refractivity contribution in [3.8, 4) is 0 Å². The van der Waals surface area contributed by atoms with Gasteiger partial charge in [-0.15, -0.1) is 0 Å². The van der Waals surface area contributed by atoms with Crippen molar-refractivity contribution in [2.75, 3.05) is 0 Å². The van der Waals surface area contributed by atoms with Crippen LogP contribution in [0, 0.1) is 0 Å². The van der Waals surface area contributed by atoms with Crippen LogP contribution in [-0.2, 0) is 0 Å². The highest BCUT2D eigenvalue weighted by atomic mass is 35.5. The largest absolute Gasteiger partial charge is 0.704 e. The van der Waals surface area contributed by atoms with E-state index < -0.39 is 0 Å². The number of fused-ring (bicyclic) bond motifs is 1. The first-order valence-electron chi connectivity index (χ1n) is 3.31. The molecule has 0 atom stereocenters. The quantitative estimate of drug-likeness (QED) is 0.676. The molecule has 0 bridgehead atoms. The third kappa shape index (κ3) is 1.52. The average Bonchev–Trinajstić information content (AvgIpc) is 2.48. The molecule has 1 aromatic heterocycles. The lowest BCUT2D eigenvalue weighted by molar-refractivity contribution is 1.39. The molecule has 0 N–H and O–H groups in total. The lowest BCUT2D eigenvalue weighted by Crippen LogP contribution is -1.69. The van der Waals surface area contributed by atoms with Crippen LogP contribution < -0.4 is 0 Å². The fourth-order valence-corrected chi connectivity index (χ4v) is 2.11. The highest BCUT2D eigenvalue weighted by Crippen LogP contribution is 2.33. The highest BCUT2D eigenvalue weighted by molar-refractivity contribution is 7.22. The minimum absolute atomic E-state index is 0.299. The van der Waals surface area contributed by atoms with Crippen molar-refractivity contribution in [2.24, 2.45) is 5.11 Å². The Morgan fingerprint density at radius 2 is 2.00 bits per heavy atom. The van der Waals surface area contributed by atoms with Crippen molar-refractivity contribution in [1.82, 2.24) is 4.98 Å². The molecule has 0 amide bonds. The summed E-state index contributed by atoms with van der Waals surface area (Å²) < 4.78 is 0.849. The monoisotopic (exact) mass is 230 g/mol. The number of hydrogen-bond donors (Lipinski definition) is 0. The first-order chi connectivity index (χ1) is 6.20. The number of thiazole rings is 1. The van der Waals surface area contributed by atoms with Crippen molar-refractivity contribution in [2.45, 2.75) is 0 Å². The zero-order valence-corrected chi connectivity index (χ0v) is 8.49. The minimum atomic E-state index is 0.299. The fraction of sp³-hybridized carbons (Fsp3) is 0. The van der Waals surface area contributed by atoms with Gasteiger partial charge in [-0.05, 0) is 12.1 Å². The zero-order valence-electron chi connectivity index (χ0n) is 6.16. The number of nitrogens with zero attached hydrogens (tertiary/aromatic N) is 3. The topological polar surface area (TPSA) is 47.5 Å². The minimum Gasteiger partial charge on any atom is -0.704 e. The molecule has 0 unspecified atom stereocenters. The number of benzene rings is 1. The Kier molecular flexibility index (Phi) is 2.19. The molecule has 2 rings (SSSR count). The molecular weight excluding hydrogens is 229 g/mol. The van der Waals surface area contributed by atoms with E-state index in [9.17, 15) is 0 Å². The summed E-state index contributed by atoms with van der Waals surface area (Å²) in [5.74, 6) is 0. The van der Waals surface area contributed by atoms with Gasteiger partial charge in [0.2, 0.25) is 0 Å². The molecule has 0 radical (unpaired) electrons. The van der Waals surface area contributed by atoms with Crippen LogP contribution in [0.25, 0.3) is 15.7 Å². The lowest BCUT2D eigenvalue weighted by Gasteiger charge is -1.92. The molecule has 6 heteroatoms. The van der Waals surface area contributed by atoms with E-state index in [1.165, 1.54) is 11.3 Å². The van der Waals surface area contributed by atoms with Gasteiger partial charge < -0.3 is 10.6 Å². The summed E-state index contributed by atoms with van der Waals surface area (Å²) in [5.41, 5.74) is 9.17. The molecule has 0 aliphatic heterocycles. The van der Waals surface area contributed by atoms with E-state index in [1.54, 1.807) is 12.1 Å². The van der Waals surface area contributed by atoms with E-state index in [2.05, 4.69) is 10.1 Å². The maximum absolute atomic E-state index is 8.48. The van der Waals surface area contributed by atoms with Crippen molar-refractivity contribution in [3.63, 3.8) is 0 Å². The second-order valence-electron chi connectivity index (χ2n) is 2.33. The van der Waals surface area contributed by atoms with Gasteiger partial charge in [-0.25, -0.2) is 4.98 Å². The normalized spacial score (nSPS) is 10.6. The number of aromatic nitrogens is 1. The average molecular weight is 231 g/mol. The van der Waals surface area contributed by atoms with E-state index in [1.807, 2.05) is 0 Å². The van der Waals surface area contributed by atoms with Gasteiger partial charge in [-0.2, -0.15) is 0 Å². The molecule has 1 aromatic carbocycles. The Bertz CT molecular complexity index is 441. The molecule has 0 aliphatic carbocycles. The van der Waals surface area contributed by atoms with E-state index in [-0.39, 0.29) is 0 Å². The molecule has 13 heavy (non-hydrogen) atoms. The Morgan fingerprint density at radius 3 is 2.69 bits per heavy atom. The van der Waals surface area contributed by atoms with Crippen molar-refractivity contribution in [1.29, 1.82) is 0 Å². The summed E-state index contributed by atoms with van der Waals surface area (Å²) in [6.45, 7) is 0. The van der Waals surface area contributed by atoms with Crippen LogP contribution in [0.2, 0.25) is 10.0 Å². The van der Waals surface area contributed by atoms with Crippen LogP contribution in [-0.4, -0.2) is 4.98 Å². The van der Waals surface area contributed by atoms with Crippen LogP contribution in [0.4, 0.5) is 5.13 Å². The van der Waals surface area contributed by atoms with Crippen LogP contribution in [0.1, 0.15) is 0 Å². The lowest BCUT2D eigenvalue weighted by atomic mass is 10.3. The molecule has 0 saturated heterocycles. The van der Waals surface area contributed by atoms with Gasteiger partial charge in [0.25, 0.3) is 0 Å².